The van der Waals surface area contributed by atoms with Gasteiger partial charge in [0.05, 0.1) is 19.8 Å². The summed E-state index contributed by atoms with van der Waals surface area (Å²) in [6.45, 7) is 2.07. The van der Waals surface area contributed by atoms with E-state index in [4.69, 9.17) is 15.2 Å². The van der Waals surface area contributed by atoms with Gasteiger partial charge >= 0.3 is 0 Å². The smallest absolute Gasteiger partial charge is 0.0700 e. The van der Waals surface area contributed by atoms with Gasteiger partial charge in [-0.05, 0) is 24.3 Å². The van der Waals surface area contributed by atoms with Crippen LogP contribution in [0.5, 0.6) is 0 Å². The van der Waals surface area contributed by atoms with Crippen LogP contribution in [0.15, 0.2) is 29.2 Å². The summed E-state index contributed by atoms with van der Waals surface area (Å²) in [5.41, 5.74) is 6.39. The summed E-state index contributed by atoms with van der Waals surface area (Å²) >= 11 is 1.77. The van der Waals surface area contributed by atoms with Crippen molar-refractivity contribution in [2.24, 2.45) is 0 Å². The van der Waals surface area contributed by atoms with Crippen molar-refractivity contribution in [3.05, 3.63) is 24.3 Å². The Hall–Kier alpha value is -0.710. The molecule has 0 radical (unpaired) electrons. The molecule has 0 aliphatic carbocycles. The maximum atomic E-state index is 5.59. The lowest BCUT2D eigenvalue weighted by Crippen LogP contribution is -2.04. The maximum absolute atomic E-state index is 5.59. The Morgan fingerprint density at radius 3 is 2.53 bits per heavy atom. The SMILES string of the molecule is COCCOCCSc1ccc(N)cc1. The second-order valence-electron chi connectivity index (χ2n) is 3.02. The first-order valence-electron chi connectivity index (χ1n) is 4.88. The number of methoxy groups -OCH3 is 1. The predicted molar refractivity (Wildman–Crippen MR) is 64.3 cm³/mol. The molecule has 0 heterocycles. The van der Waals surface area contributed by atoms with Crippen LogP contribution < -0.4 is 5.73 Å². The van der Waals surface area contributed by atoms with Crippen LogP contribution in [0.1, 0.15) is 0 Å². The molecule has 15 heavy (non-hydrogen) atoms. The molecule has 0 aromatic heterocycles. The summed E-state index contributed by atoms with van der Waals surface area (Å²) in [6.07, 6.45) is 0. The van der Waals surface area contributed by atoms with Crippen LogP contribution in [-0.2, 0) is 9.47 Å². The van der Waals surface area contributed by atoms with Gasteiger partial charge in [-0.25, -0.2) is 0 Å². The third-order valence-electron chi connectivity index (χ3n) is 1.81. The molecule has 1 rings (SSSR count). The lowest BCUT2D eigenvalue weighted by atomic mass is 10.3. The second kappa shape index (κ2) is 7.56. The number of rotatable bonds is 7. The molecule has 0 saturated heterocycles. The third-order valence-corrected chi connectivity index (χ3v) is 2.78. The number of hydrogen-bond acceptors (Lipinski definition) is 4. The number of hydrogen-bond donors (Lipinski definition) is 1. The second-order valence-corrected chi connectivity index (χ2v) is 4.19. The van der Waals surface area contributed by atoms with Gasteiger partial charge in [-0.2, -0.15) is 0 Å². The summed E-state index contributed by atoms with van der Waals surface area (Å²) < 4.78 is 10.2. The van der Waals surface area contributed by atoms with Crippen molar-refractivity contribution in [3.8, 4) is 0 Å². The number of ether oxygens (including phenoxy) is 2. The van der Waals surface area contributed by atoms with Crippen molar-refractivity contribution in [3.63, 3.8) is 0 Å². The molecule has 3 nitrogen and oxygen atoms in total. The molecule has 1 aromatic carbocycles. The minimum absolute atomic E-state index is 0.659. The molecular formula is C11H17NO2S. The number of nitrogens with two attached hydrogens (primary N) is 1. The summed E-state index contributed by atoms with van der Waals surface area (Å²) in [6, 6.07) is 7.87. The van der Waals surface area contributed by atoms with Gasteiger partial charge in [0.1, 0.15) is 0 Å². The minimum atomic E-state index is 0.659. The fraction of sp³-hybridized carbons (Fsp3) is 0.455. The Kier molecular flexibility index (Phi) is 6.23. The van der Waals surface area contributed by atoms with Crippen LogP contribution in [0.2, 0.25) is 0 Å². The Morgan fingerprint density at radius 1 is 1.13 bits per heavy atom. The fourth-order valence-corrected chi connectivity index (χ4v) is 1.79. The van der Waals surface area contributed by atoms with E-state index in [1.807, 2.05) is 24.3 Å². The molecule has 0 fully saturated rings. The number of nitrogen functional groups attached to an aromatic ring is 1. The largest absolute Gasteiger partial charge is 0.399 e. The predicted octanol–water partition coefficient (Wildman–Crippen LogP) is 2.02. The Bertz CT molecular complexity index is 264. The van der Waals surface area contributed by atoms with Crippen LogP contribution in [0.4, 0.5) is 5.69 Å². The summed E-state index contributed by atoms with van der Waals surface area (Å²) in [5, 5.41) is 0. The van der Waals surface area contributed by atoms with Gasteiger partial charge in [0, 0.05) is 23.4 Å². The zero-order valence-corrected chi connectivity index (χ0v) is 9.76. The highest BCUT2D eigenvalue weighted by Gasteiger charge is 1.94. The molecule has 2 N–H and O–H groups in total. The minimum Gasteiger partial charge on any atom is -0.399 e. The molecule has 0 aliphatic heterocycles. The lowest BCUT2D eigenvalue weighted by molar-refractivity contribution is 0.0790. The molecular weight excluding hydrogens is 210 g/mol. The van der Waals surface area contributed by atoms with Crippen LogP contribution in [-0.4, -0.2) is 32.7 Å². The average molecular weight is 227 g/mol. The zero-order valence-electron chi connectivity index (χ0n) is 8.94. The Morgan fingerprint density at radius 2 is 1.87 bits per heavy atom. The van der Waals surface area contributed by atoms with E-state index in [0.29, 0.717) is 13.2 Å². The maximum Gasteiger partial charge on any atom is 0.0700 e. The molecule has 0 atom stereocenters. The molecule has 0 unspecified atom stereocenters. The number of thioether (sulfide) groups is 1. The van der Waals surface area contributed by atoms with Crippen LogP contribution in [0.25, 0.3) is 0 Å². The van der Waals surface area contributed by atoms with Gasteiger partial charge in [-0.1, -0.05) is 0 Å². The first kappa shape index (κ1) is 12.4. The molecule has 0 aliphatic rings. The van der Waals surface area contributed by atoms with E-state index in [-0.39, 0.29) is 0 Å². The zero-order chi connectivity index (χ0) is 10.9. The monoisotopic (exact) mass is 227 g/mol. The van der Waals surface area contributed by atoms with Crippen LogP contribution in [0.3, 0.4) is 0 Å². The van der Waals surface area contributed by atoms with E-state index in [1.165, 1.54) is 4.90 Å². The van der Waals surface area contributed by atoms with E-state index < -0.39 is 0 Å². The van der Waals surface area contributed by atoms with Crippen molar-refractivity contribution < 1.29 is 9.47 Å². The lowest BCUT2D eigenvalue weighted by Gasteiger charge is -2.03. The van der Waals surface area contributed by atoms with Crippen LogP contribution in [0, 0.1) is 0 Å². The molecule has 0 spiro atoms. The van der Waals surface area contributed by atoms with Crippen LogP contribution >= 0.6 is 11.8 Å². The topological polar surface area (TPSA) is 44.5 Å². The molecule has 0 bridgehead atoms. The van der Waals surface area contributed by atoms with E-state index in [2.05, 4.69) is 0 Å². The molecule has 0 saturated carbocycles. The van der Waals surface area contributed by atoms with E-state index in [9.17, 15) is 0 Å². The number of benzene rings is 1. The van der Waals surface area contributed by atoms with Crippen molar-refractivity contribution >= 4 is 17.4 Å². The van der Waals surface area contributed by atoms with Crippen molar-refractivity contribution in [1.29, 1.82) is 0 Å². The van der Waals surface area contributed by atoms with Crippen molar-refractivity contribution in [2.75, 3.05) is 38.4 Å². The number of anilines is 1. The normalized spacial score (nSPS) is 10.5. The molecule has 1 aromatic rings. The van der Waals surface area contributed by atoms with Gasteiger partial charge < -0.3 is 15.2 Å². The van der Waals surface area contributed by atoms with Gasteiger partial charge in [-0.15, -0.1) is 11.8 Å². The van der Waals surface area contributed by atoms with Gasteiger partial charge in [-0.3, -0.25) is 0 Å². The van der Waals surface area contributed by atoms with Gasteiger partial charge in [0.15, 0.2) is 0 Å². The highest BCUT2D eigenvalue weighted by atomic mass is 32.2. The standard InChI is InChI=1S/C11H17NO2S/c1-13-6-7-14-8-9-15-11-4-2-10(12)3-5-11/h2-5H,6-9,12H2,1H3. The Balaban J connectivity index is 2.07. The highest BCUT2D eigenvalue weighted by molar-refractivity contribution is 7.99. The van der Waals surface area contributed by atoms with Gasteiger partial charge in [0.2, 0.25) is 0 Å². The van der Waals surface area contributed by atoms with Crippen molar-refractivity contribution in [2.45, 2.75) is 4.90 Å². The van der Waals surface area contributed by atoms with Gasteiger partial charge in [0.25, 0.3) is 0 Å². The first-order chi connectivity index (χ1) is 7.33. The fourth-order valence-electron chi connectivity index (χ4n) is 1.03. The summed E-state index contributed by atoms with van der Waals surface area (Å²) in [7, 11) is 1.67. The summed E-state index contributed by atoms with van der Waals surface area (Å²) in [4.78, 5) is 1.22. The molecule has 84 valence electrons. The molecule has 4 heteroatoms. The Labute approximate surface area is 94.9 Å². The first-order valence-corrected chi connectivity index (χ1v) is 5.86. The van der Waals surface area contributed by atoms with E-state index in [0.717, 1.165) is 18.0 Å². The average Bonchev–Trinajstić information content (AvgIpc) is 2.26. The summed E-state index contributed by atoms with van der Waals surface area (Å²) in [5.74, 6) is 0.952. The highest BCUT2D eigenvalue weighted by Crippen LogP contribution is 2.18. The van der Waals surface area contributed by atoms with Crippen molar-refractivity contribution in [1.82, 2.24) is 0 Å². The third kappa shape index (κ3) is 5.67. The van der Waals surface area contributed by atoms with E-state index >= 15 is 0 Å². The quantitative estimate of drug-likeness (QED) is 0.440. The molecule has 0 amide bonds. The van der Waals surface area contributed by atoms with E-state index in [1.54, 1.807) is 18.9 Å².